The summed E-state index contributed by atoms with van der Waals surface area (Å²) in [5.74, 6) is 0. The third-order valence-electron chi connectivity index (χ3n) is 2.28. The van der Waals surface area contributed by atoms with Gasteiger partial charge in [0.05, 0.1) is 5.52 Å². The number of fused-ring (bicyclic) bond motifs is 1. The number of hydrogen-bond acceptors (Lipinski definition) is 3. The van der Waals surface area contributed by atoms with Gasteiger partial charge in [-0.25, -0.2) is 0 Å². The molecule has 1 heterocycles. The van der Waals surface area contributed by atoms with Crippen LogP contribution in [0.15, 0.2) is 23.6 Å². The van der Waals surface area contributed by atoms with E-state index in [1.165, 1.54) is 22.5 Å². The molecule has 2 aromatic rings. The Morgan fingerprint density at radius 3 is 2.87 bits per heavy atom. The molecule has 0 aliphatic heterocycles. The van der Waals surface area contributed by atoms with Crippen LogP contribution in [0.2, 0.25) is 0 Å². The van der Waals surface area contributed by atoms with Gasteiger partial charge in [-0.15, -0.1) is 0 Å². The molecule has 1 aromatic carbocycles. The van der Waals surface area contributed by atoms with Gasteiger partial charge < -0.3 is 5.32 Å². The third kappa shape index (κ3) is 2.55. The Kier molecular flexibility index (Phi) is 2.76. The van der Waals surface area contributed by atoms with Crippen molar-refractivity contribution in [2.45, 2.75) is 32.9 Å². The summed E-state index contributed by atoms with van der Waals surface area (Å²) in [5.41, 5.74) is 2.57. The van der Waals surface area contributed by atoms with Crippen molar-refractivity contribution in [2.24, 2.45) is 0 Å². The smallest absolute Gasteiger partial charge is 0.0885 e. The molecule has 15 heavy (non-hydrogen) atoms. The minimum atomic E-state index is 0.151. The van der Waals surface area contributed by atoms with Crippen LogP contribution in [0.1, 0.15) is 26.3 Å². The highest BCUT2D eigenvalue weighted by Gasteiger charge is 2.10. The van der Waals surface area contributed by atoms with Crippen LogP contribution in [0.3, 0.4) is 0 Å². The van der Waals surface area contributed by atoms with Gasteiger partial charge in [0.15, 0.2) is 0 Å². The van der Waals surface area contributed by atoms with Crippen molar-refractivity contribution in [3.63, 3.8) is 0 Å². The summed E-state index contributed by atoms with van der Waals surface area (Å²) in [7, 11) is 0. The van der Waals surface area contributed by atoms with Crippen LogP contribution in [0.5, 0.6) is 0 Å². The molecule has 0 saturated carbocycles. The second-order valence-electron chi connectivity index (χ2n) is 4.77. The molecule has 80 valence electrons. The molecule has 3 heteroatoms. The van der Waals surface area contributed by atoms with Gasteiger partial charge in [0.1, 0.15) is 0 Å². The third-order valence-corrected chi connectivity index (χ3v) is 2.93. The van der Waals surface area contributed by atoms with Gasteiger partial charge in [-0.1, -0.05) is 18.2 Å². The fourth-order valence-corrected chi connectivity index (χ4v) is 2.14. The zero-order valence-electron chi connectivity index (χ0n) is 9.37. The van der Waals surface area contributed by atoms with E-state index in [9.17, 15) is 0 Å². The molecule has 1 N–H and O–H groups in total. The molecule has 0 amide bonds. The predicted octanol–water partition coefficient (Wildman–Crippen LogP) is 3.18. The molecule has 0 radical (unpaired) electrons. The van der Waals surface area contributed by atoms with Gasteiger partial charge >= 0.3 is 0 Å². The highest BCUT2D eigenvalue weighted by Crippen LogP contribution is 2.19. The second-order valence-corrected chi connectivity index (χ2v) is 5.40. The van der Waals surface area contributed by atoms with E-state index < -0.39 is 0 Å². The van der Waals surface area contributed by atoms with Gasteiger partial charge in [0.2, 0.25) is 0 Å². The minimum absolute atomic E-state index is 0.151. The summed E-state index contributed by atoms with van der Waals surface area (Å²) >= 11 is 1.52. The lowest BCUT2D eigenvalue weighted by Gasteiger charge is -2.20. The van der Waals surface area contributed by atoms with E-state index in [2.05, 4.69) is 54.0 Å². The maximum absolute atomic E-state index is 4.42. The van der Waals surface area contributed by atoms with Crippen LogP contribution in [-0.4, -0.2) is 9.91 Å². The summed E-state index contributed by atoms with van der Waals surface area (Å²) in [4.78, 5) is 0. The Bertz CT molecular complexity index is 454. The summed E-state index contributed by atoms with van der Waals surface area (Å²) in [6.07, 6.45) is 0. The normalized spacial score (nSPS) is 12.2. The summed E-state index contributed by atoms with van der Waals surface area (Å²) in [5, 5.41) is 6.82. The first kappa shape index (κ1) is 10.6. The highest BCUT2D eigenvalue weighted by molar-refractivity contribution is 7.04. The molecular weight excluding hydrogens is 204 g/mol. The van der Waals surface area contributed by atoms with E-state index in [0.29, 0.717) is 0 Å². The van der Waals surface area contributed by atoms with Crippen molar-refractivity contribution in [1.29, 1.82) is 0 Å². The molecule has 0 atom stereocenters. The Morgan fingerprint density at radius 1 is 1.33 bits per heavy atom. The van der Waals surface area contributed by atoms with E-state index >= 15 is 0 Å². The minimum Gasteiger partial charge on any atom is -0.308 e. The Hall–Kier alpha value is -0.930. The van der Waals surface area contributed by atoms with Gasteiger partial charge in [-0.05, 0) is 37.9 Å². The van der Waals surface area contributed by atoms with Crippen molar-refractivity contribution in [3.8, 4) is 0 Å². The zero-order valence-corrected chi connectivity index (χ0v) is 10.2. The van der Waals surface area contributed by atoms with Crippen LogP contribution in [0.4, 0.5) is 0 Å². The molecule has 0 bridgehead atoms. The fourth-order valence-electron chi connectivity index (χ4n) is 1.46. The molecule has 1 aromatic heterocycles. The van der Waals surface area contributed by atoms with Crippen molar-refractivity contribution < 1.29 is 0 Å². The Labute approximate surface area is 94.5 Å². The van der Waals surface area contributed by atoms with Gasteiger partial charge in [0, 0.05) is 22.8 Å². The van der Waals surface area contributed by atoms with Crippen LogP contribution < -0.4 is 5.32 Å². The Balaban J connectivity index is 2.24. The molecule has 0 aliphatic rings. The highest BCUT2D eigenvalue weighted by atomic mass is 32.1. The standard InChI is InChI=1S/C12H16N2S/c1-12(2,3)13-7-9-5-4-6-10-8-15-14-11(9)10/h4-6,8,13H,7H2,1-3H3. The van der Waals surface area contributed by atoms with Crippen LogP contribution in [-0.2, 0) is 6.54 Å². The van der Waals surface area contributed by atoms with Crippen molar-refractivity contribution in [3.05, 3.63) is 29.1 Å². The number of hydrogen-bond donors (Lipinski definition) is 1. The van der Waals surface area contributed by atoms with Crippen molar-refractivity contribution in [2.75, 3.05) is 0 Å². The molecule has 0 saturated heterocycles. The average molecular weight is 220 g/mol. The first-order chi connectivity index (χ1) is 7.06. The lowest BCUT2D eigenvalue weighted by molar-refractivity contribution is 0.425. The van der Waals surface area contributed by atoms with Gasteiger partial charge in [0.25, 0.3) is 0 Å². The lowest BCUT2D eigenvalue weighted by atomic mass is 10.1. The second kappa shape index (κ2) is 3.91. The molecule has 2 nitrogen and oxygen atoms in total. The van der Waals surface area contributed by atoms with E-state index in [0.717, 1.165) is 12.1 Å². The molecule has 2 rings (SSSR count). The molecule has 0 unspecified atom stereocenters. The topological polar surface area (TPSA) is 24.9 Å². The zero-order chi connectivity index (χ0) is 10.9. The first-order valence-corrected chi connectivity index (χ1v) is 5.97. The maximum Gasteiger partial charge on any atom is 0.0885 e. The number of nitrogens with one attached hydrogen (secondary N) is 1. The molecule has 0 aliphatic carbocycles. The first-order valence-electron chi connectivity index (χ1n) is 5.13. The van der Waals surface area contributed by atoms with Crippen molar-refractivity contribution >= 4 is 22.4 Å². The van der Waals surface area contributed by atoms with Gasteiger partial charge in [-0.2, -0.15) is 4.37 Å². The quantitative estimate of drug-likeness (QED) is 0.840. The van der Waals surface area contributed by atoms with E-state index in [4.69, 9.17) is 0 Å². The number of rotatable bonds is 2. The van der Waals surface area contributed by atoms with Crippen LogP contribution in [0, 0.1) is 0 Å². The van der Waals surface area contributed by atoms with Gasteiger partial charge in [-0.3, -0.25) is 0 Å². The summed E-state index contributed by atoms with van der Waals surface area (Å²) in [6, 6.07) is 6.34. The molecule has 0 spiro atoms. The van der Waals surface area contributed by atoms with E-state index in [1.54, 1.807) is 0 Å². The SMILES string of the molecule is CC(C)(C)NCc1cccc2csnc12. The van der Waals surface area contributed by atoms with Crippen LogP contribution in [0.25, 0.3) is 10.9 Å². The van der Waals surface area contributed by atoms with Crippen LogP contribution >= 0.6 is 11.5 Å². The Morgan fingerprint density at radius 2 is 2.13 bits per heavy atom. The number of aromatic nitrogens is 1. The largest absolute Gasteiger partial charge is 0.308 e. The number of benzene rings is 1. The fraction of sp³-hybridized carbons (Fsp3) is 0.417. The maximum atomic E-state index is 4.42. The van der Waals surface area contributed by atoms with E-state index in [-0.39, 0.29) is 5.54 Å². The predicted molar refractivity (Wildman–Crippen MR) is 66.2 cm³/mol. The monoisotopic (exact) mass is 220 g/mol. The summed E-state index contributed by atoms with van der Waals surface area (Å²) in [6.45, 7) is 7.40. The van der Waals surface area contributed by atoms with Crippen molar-refractivity contribution in [1.82, 2.24) is 9.69 Å². The lowest BCUT2D eigenvalue weighted by Crippen LogP contribution is -2.35. The summed E-state index contributed by atoms with van der Waals surface area (Å²) < 4.78 is 4.42. The molecular formula is C12H16N2S. The average Bonchev–Trinajstić information content (AvgIpc) is 2.61. The molecule has 0 fully saturated rings. The number of nitrogens with zero attached hydrogens (tertiary/aromatic N) is 1. The van der Waals surface area contributed by atoms with E-state index in [1.807, 2.05) is 0 Å².